The summed E-state index contributed by atoms with van der Waals surface area (Å²) in [5.41, 5.74) is 9.57. The first-order chi connectivity index (χ1) is 15.1. The van der Waals surface area contributed by atoms with E-state index >= 15 is 0 Å². The van der Waals surface area contributed by atoms with Gasteiger partial charge in [-0.2, -0.15) is 0 Å². The summed E-state index contributed by atoms with van der Waals surface area (Å²) in [5.74, 6) is 7.47. The van der Waals surface area contributed by atoms with Crippen molar-refractivity contribution in [3.8, 4) is 34.5 Å². The molecular formula is C29H30N2. The molecule has 2 aromatic carbocycles. The minimum absolute atomic E-state index is 0.785. The van der Waals surface area contributed by atoms with Gasteiger partial charge in [-0.3, -0.25) is 0 Å². The van der Waals surface area contributed by atoms with Crippen molar-refractivity contribution in [2.75, 3.05) is 0 Å². The molecule has 0 saturated carbocycles. The number of benzene rings is 2. The summed E-state index contributed by atoms with van der Waals surface area (Å²) in [7, 11) is 0. The first kappa shape index (κ1) is 20.9. The zero-order chi connectivity index (χ0) is 21.8. The third-order valence-corrected chi connectivity index (χ3v) is 5.77. The number of rotatable bonds is 6. The summed E-state index contributed by atoms with van der Waals surface area (Å²) in [6.45, 7) is 9.74. The maximum absolute atomic E-state index is 5.30. The van der Waals surface area contributed by atoms with E-state index in [1.807, 2.05) is 6.08 Å². The molecule has 1 aliphatic carbocycles. The fourth-order valence-corrected chi connectivity index (χ4v) is 4.43. The van der Waals surface area contributed by atoms with Gasteiger partial charge in [0.05, 0.1) is 11.4 Å². The monoisotopic (exact) mass is 406 g/mol. The van der Waals surface area contributed by atoms with Crippen LogP contribution in [0.5, 0.6) is 0 Å². The van der Waals surface area contributed by atoms with E-state index in [1.54, 1.807) is 0 Å². The van der Waals surface area contributed by atoms with Gasteiger partial charge in [0.15, 0.2) is 0 Å². The van der Waals surface area contributed by atoms with Crippen LogP contribution in [0.1, 0.15) is 48.6 Å². The van der Waals surface area contributed by atoms with Gasteiger partial charge in [-0.15, -0.1) is 0 Å². The van der Waals surface area contributed by atoms with E-state index in [1.165, 1.54) is 27.9 Å². The van der Waals surface area contributed by atoms with Crippen LogP contribution in [0.25, 0.3) is 28.2 Å². The minimum atomic E-state index is 0.785. The molecule has 1 aliphatic rings. The third kappa shape index (κ3) is 4.28. The molecule has 0 saturated heterocycles. The topological polar surface area (TPSA) is 17.8 Å². The van der Waals surface area contributed by atoms with Crippen molar-refractivity contribution in [3.05, 3.63) is 83.1 Å². The van der Waals surface area contributed by atoms with E-state index in [4.69, 9.17) is 4.98 Å². The van der Waals surface area contributed by atoms with E-state index in [2.05, 4.69) is 98.7 Å². The standard InChI is InChI=1S/C29H30N2/c1-5-6-18-31-28(25-16-10-7-8-11-17-25)27(24-14-12-9-13-15-24)30-29(31)26-22(3)19-21(2)20-23(26)4/h9-10,12-17,19-20H,5-7,18H2,1-4H3. The molecule has 0 bridgehead atoms. The van der Waals surface area contributed by atoms with Gasteiger partial charge in [0.25, 0.3) is 0 Å². The van der Waals surface area contributed by atoms with E-state index in [0.717, 1.165) is 48.5 Å². The van der Waals surface area contributed by atoms with E-state index in [0.29, 0.717) is 0 Å². The Morgan fingerprint density at radius 3 is 2.48 bits per heavy atom. The largest absolute Gasteiger partial charge is 0.323 e. The fourth-order valence-electron chi connectivity index (χ4n) is 4.43. The van der Waals surface area contributed by atoms with Crippen LogP contribution >= 0.6 is 0 Å². The molecule has 4 rings (SSSR count). The van der Waals surface area contributed by atoms with Crippen LogP contribution in [0.15, 0.2) is 60.7 Å². The lowest BCUT2D eigenvalue weighted by molar-refractivity contribution is 0.632. The third-order valence-electron chi connectivity index (χ3n) is 5.77. The molecule has 1 heterocycles. The summed E-state index contributed by atoms with van der Waals surface area (Å²) >= 11 is 0. The van der Waals surface area contributed by atoms with Crippen molar-refractivity contribution in [1.29, 1.82) is 0 Å². The molecule has 0 amide bonds. The highest BCUT2D eigenvalue weighted by Crippen LogP contribution is 2.37. The van der Waals surface area contributed by atoms with Crippen LogP contribution < -0.4 is 0 Å². The number of hydrogen-bond acceptors (Lipinski definition) is 1. The van der Waals surface area contributed by atoms with Crippen molar-refractivity contribution in [1.82, 2.24) is 9.55 Å². The second kappa shape index (κ2) is 9.23. The number of nitrogens with zero attached hydrogens (tertiary/aromatic N) is 2. The lowest BCUT2D eigenvalue weighted by atomic mass is 9.99. The Morgan fingerprint density at radius 1 is 1.03 bits per heavy atom. The Hall–Kier alpha value is -3.31. The quantitative estimate of drug-likeness (QED) is 0.393. The molecule has 3 aromatic rings. The lowest BCUT2D eigenvalue weighted by Crippen LogP contribution is -2.06. The Balaban J connectivity index is 2.05. The molecule has 156 valence electrons. The first-order valence-corrected chi connectivity index (χ1v) is 11.2. The maximum Gasteiger partial charge on any atom is 0.141 e. The molecule has 1 aromatic heterocycles. The molecule has 0 radical (unpaired) electrons. The number of aromatic nitrogens is 2. The molecule has 0 aliphatic heterocycles. The summed E-state index contributed by atoms with van der Waals surface area (Å²) in [5, 5.41) is 0. The Labute approximate surface area is 186 Å². The summed E-state index contributed by atoms with van der Waals surface area (Å²) < 4.78 is 2.43. The van der Waals surface area contributed by atoms with E-state index in [9.17, 15) is 0 Å². The number of unbranched alkanes of at least 4 members (excludes halogenated alkanes) is 1. The van der Waals surface area contributed by atoms with Crippen molar-refractivity contribution in [2.45, 2.75) is 53.5 Å². The van der Waals surface area contributed by atoms with Crippen LogP contribution in [0.3, 0.4) is 0 Å². The zero-order valence-electron chi connectivity index (χ0n) is 19.0. The average Bonchev–Trinajstić information content (AvgIpc) is 2.92. The Kier molecular flexibility index (Phi) is 6.23. The average molecular weight is 407 g/mol. The second-order valence-electron chi connectivity index (χ2n) is 8.30. The predicted octanol–water partition coefficient (Wildman–Crippen LogP) is 7.29. The molecular weight excluding hydrogens is 376 g/mol. The second-order valence-corrected chi connectivity index (χ2v) is 8.30. The van der Waals surface area contributed by atoms with Gasteiger partial charge in [-0.05, 0) is 44.4 Å². The maximum atomic E-state index is 5.30. The van der Waals surface area contributed by atoms with Crippen molar-refractivity contribution in [3.63, 3.8) is 0 Å². The van der Waals surface area contributed by atoms with Crippen molar-refractivity contribution < 1.29 is 0 Å². The fraction of sp³-hybridized carbons (Fsp3) is 0.276. The van der Waals surface area contributed by atoms with Crippen LogP contribution in [0.4, 0.5) is 0 Å². The molecule has 0 N–H and O–H groups in total. The number of imidazole rings is 1. The number of hydrogen-bond donors (Lipinski definition) is 0. The molecule has 2 nitrogen and oxygen atoms in total. The van der Waals surface area contributed by atoms with E-state index < -0.39 is 0 Å². The van der Waals surface area contributed by atoms with Gasteiger partial charge >= 0.3 is 0 Å². The zero-order valence-corrected chi connectivity index (χ0v) is 19.0. The molecule has 0 atom stereocenters. The molecule has 2 heteroatoms. The Morgan fingerprint density at radius 2 is 1.77 bits per heavy atom. The predicted molar refractivity (Wildman–Crippen MR) is 132 cm³/mol. The van der Waals surface area contributed by atoms with Gasteiger partial charge in [0.1, 0.15) is 5.82 Å². The molecule has 31 heavy (non-hydrogen) atoms. The molecule has 0 fully saturated rings. The number of aryl methyl sites for hydroxylation is 3. The highest BCUT2D eigenvalue weighted by molar-refractivity contribution is 5.86. The van der Waals surface area contributed by atoms with Crippen LogP contribution in [-0.2, 0) is 6.54 Å². The SMILES string of the molecule is CCCCn1c(-c2c(C)cc(C)cc2C)nc(-c2ccccc2)c1C1=CC#CCC=C1. The van der Waals surface area contributed by atoms with E-state index in [-0.39, 0.29) is 0 Å². The van der Waals surface area contributed by atoms with Gasteiger partial charge in [0.2, 0.25) is 0 Å². The van der Waals surface area contributed by atoms with Crippen molar-refractivity contribution >= 4 is 5.57 Å². The summed E-state index contributed by atoms with van der Waals surface area (Å²) in [6, 6.07) is 15.1. The van der Waals surface area contributed by atoms with Gasteiger partial charge in [0, 0.05) is 29.7 Å². The van der Waals surface area contributed by atoms with Crippen LogP contribution in [0.2, 0.25) is 0 Å². The van der Waals surface area contributed by atoms with Crippen molar-refractivity contribution in [2.24, 2.45) is 0 Å². The Bertz CT molecular complexity index is 1190. The summed E-state index contributed by atoms with van der Waals surface area (Å²) in [6.07, 6.45) is 9.42. The minimum Gasteiger partial charge on any atom is -0.323 e. The molecule has 0 spiro atoms. The summed E-state index contributed by atoms with van der Waals surface area (Å²) in [4.78, 5) is 5.30. The van der Waals surface area contributed by atoms with Gasteiger partial charge in [-0.1, -0.05) is 85.4 Å². The normalized spacial score (nSPS) is 12.8. The number of allylic oxidation sites excluding steroid dienone is 4. The lowest BCUT2D eigenvalue weighted by Gasteiger charge is -2.16. The van der Waals surface area contributed by atoms with Gasteiger partial charge < -0.3 is 4.57 Å². The van der Waals surface area contributed by atoms with Crippen LogP contribution in [-0.4, -0.2) is 9.55 Å². The highest BCUT2D eigenvalue weighted by Gasteiger charge is 2.23. The highest BCUT2D eigenvalue weighted by atomic mass is 15.1. The smallest absolute Gasteiger partial charge is 0.141 e. The van der Waals surface area contributed by atoms with Crippen LogP contribution in [0, 0.1) is 32.6 Å². The van der Waals surface area contributed by atoms with Gasteiger partial charge in [-0.25, -0.2) is 4.98 Å². The molecule has 0 unspecified atom stereocenters. The first-order valence-electron chi connectivity index (χ1n) is 11.2.